The number of H-pyrrole nitrogens is 1. The highest BCUT2D eigenvalue weighted by Gasteiger charge is 2.25. The number of carbonyl (C=O) groups excluding carboxylic acids is 2. The quantitative estimate of drug-likeness (QED) is 0.500. The molecule has 1 unspecified atom stereocenters. The zero-order valence-corrected chi connectivity index (χ0v) is 17.0. The topological polar surface area (TPSA) is 99.8 Å². The summed E-state index contributed by atoms with van der Waals surface area (Å²) < 4.78 is 0. The maximum absolute atomic E-state index is 12.5. The molecule has 3 aromatic rings. The molecule has 0 radical (unpaired) electrons. The van der Waals surface area contributed by atoms with Crippen LogP contribution in [0.3, 0.4) is 0 Å². The number of fused-ring (bicyclic) bond motifs is 3. The summed E-state index contributed by atoms with van der Waals surface area (Å²) in [5, 5.41) is 7.31. The maximum Gasteiger partial charge on any atom is 0.271 e. The van der Waals surface area contributed by atoms with Crippen LogP contribution < -0.4 is 10.6 Å². The fourth-order valence-electron chi connectivity index (χ4n) is 4.12. The molecule has 0 spiro atoms. The predicted octanol–water partition coefficient (Wildman–Crippen LogP) is 3.44. The predicted molar refractivity (Wildman–Crippen MR) is 115 cm³/mol. The number of carbonyl (C=O) groups is 2. The Balaban J connectivity index is 1.19. The number of para-hydroxylation sites is 1. The van der Waals surface area contributed by atoms with Crippen molar-refractivity contribution in [3.63, 3.8) is 0 Å². The number of aryl methyl sites for hydroxylation is 1. The highest BCUT2D eigenvalue weighted by Crippen LogP contribution is 2.34. The van der Waals surface area contributed by atoms with Crippen molar-refractivity contribution in [3.8, 4) is 0 Å². The largest absolute Gasteiger partial charge is 0.356 e. The molecule has 30 heavy (non-hydrogen) atoms. The summed E-state index contributed by atoms with van der Waals surface area (Å²) in [5.74, 6) is -0.123. The van der Waals surface area contributed by atoms with Crippen LogP contribution in [-0.2, 0) is 11.2 Å². The Morgan fingerprint density at radius 2 is 2.03 bits per heavy atom. The van der Waals surface area contributed by atoms with Gasteiger partial charge in [0.15, 0.2) is 0 Å². The van der Waals surface area contributed by atoms with Gasteiger partial charge < -0.3 is 15.6 Å². The Morgan fingerprint density at radius 1 is 1.13 bits per heavy atom. The van der Waals surface area contributed by atoms with E-state index >= 15 is 0 Å². The molecule has 4 rings (SSSR count). The third kappa shape index (κ3) is 4.67. The maximum atomic E-state index is 12.5. The molecule has 7 heteroatoms. The molecule has 0 bridgehead atoms. The van der Waals surface area contributed by atoms with Gasteiger partial charge in [0, 0.05) is 42.0 Å². The monoisotopic (exact) mass is 405 g/mol. The van der Waals surface area contributed by atoms with E-state index in [9.17, 15) is 9.59 Å². The Morgan fingerprint density at radius 3 is 2.90 bits per heavy atom. The number of nitrogens with one attached hydrogen (secondary N) is 3. The number of aromatic amines is 1. The van der Waals surface area contributed by atoms with Gasteiger partial charge in [-0.2, -0.15) is 0 Å². The van der Waals surface area contributed by atoms with E-state index in [4.69, 9.17) is 0 Å². The van der Waals surface area contributed by atoms with E-state index in [1.165, 1.54) is 35.2 Å². The van der Waals surface area contributed by atoms with Gasteiger partial charge in [-0.05, 0) is 43.7 Å². The number of unbranched alkanes of at least 4 members (excludes halogenated alkanes) is 2. The number of rotatable bonds is 8. The Hall–Kier alpha value is -3.22. The number of amides is 2. The van der Waals surface area contributed by atoms with Crippen LogP contribution in [-0.4, -0.2) is 33.3 Å². The molecule has 0 fully saturated rings. The normalized spacial score (nSPS) is 15.5. The molecular formula is C23H27N5O2. The van der Waals surface area contributed by atoms with Gasteiger partial charge in [0.2, 0.25) is 5.91 Å². The van der Waals surface area contributed by atoms with Crippen LogP contribution in [0.5, 0.6) is 0 Å². The molecule has 1 aliphatic rings. The Kier molecular flexibility index (Phi) is 6.37. The van der Waals surface area contributed by atoms with E-state index in [1.807, 2.05) is 6.07 Å². The third-order valence-electron chi connectivity index (χ3n) is 5.61. The second-order valence-electron chi connectivity index (χ2n) is 7.73. The Bertz CT molecular complexity index is 1010. The summed E-state index contributed by atoms with van der Waals surface area (Å²) in [6.07, 6.45) is 10.6. The lowest BCUT2D eigenvalue weighted by Crippen LogP contribution is -2.30. The van der Waals surface area contributed by atoms with Crippen molar-refractivity contribution in [2.45, 2.75) is 51.0 Å². The van der Waals surface area contributed by atoms with Crippen LogP contribution >= 0.6 is 0 Å². The van der Waals surface area contributed by atoms with Crippen LogP contribution in [0.4, 0.5) is 0 Å². The smallest absolute Gasteiger partial charge is 0.271 e. The van der Waals surface area contributed by atoms with Gasteiger partial charge in [-0.25, -0.2) is 4.98 Å². The molecule has 0 saturated heterocycles. The first-order valence-corrected chi connectivity index (χ1v) is 10.7. The first kappa shape index (κ1) is 20.1. The first-order chi connectivity index (χ1) is 14.7. The number of aromatic nitrogens is 3. The summed E-state index contributed by atoms with van der Waals surface area (Å²) in [6.45, 7) is 0.568. The molecule has 3 N–H and O–H groups in total. The van der Waals surface area contributed by atoms with Gasteiger partial charge in [0.1, 0.15) is 5.69 Å². The summed E-state index contributed by atoms with van der Waals surface area (Å²) in [5.41, 5.74) is 3.98. The molecule has 1 aliphatic carbocycles. The molecule has 1 aromatic carbocycles. The fourth-order valence-corrected chi connectivity index (χ4v) is 4.12. The lowest BCUT2D eigenvalue weighted by atomic mass is 9.91. The molecule has 2 heterocycles. The van der Waals surface area contributed by atoms with Gasteiger partial charge in [-0.1, -0.05) is 24.6 Å². The van der Waals surface area contributed by atoms with Crippen molar-refractivity contribution in [2.75, 3.05) is 6.54 Å². The van der Waals surface area contributed by atoms with Crippen molar-refractivity contribution in [1.29, 1.82) is 0 Å². The van der Waals surface area contributed by atoms with Gasteiger partial charge in [-0.3, -0.25) is 14.6 Å². The van der Waals surface area contributed by atoms with Crippen molar-refractivity contribution in [1.82, 2.24) is 25.6 Å². The van der Waals surface area contributed by atoms with Crippen LogP contribution in [0.25, 0.3) is 10.9 Å². The van der Waals surface area contributed by atoms with Gasteiger partial charge >= 0.3 is 0 Å². The summed E-state index contributed by atoms with van der Waals surface area (Å²) in [4.78, 5) is 35.7. The minimum absolute atomic E-state index is 0.0694. The Labute approximate surface area is 175 Å². The van der Waals surface area contributed by atoms with Crippen molar-refractivity contribution < 1.29 is 9.59 Å². The van der Waals surface area contributed by atoms with Crippen LogP contribution in [0.15, 0.2) is 42.9 Å². The SMILES string of the molecule is O=C(CCCCCNC(=O)c1cnccn1)NC1CCCc2c1[nH]c1ccccc21. The third-order valence-corrected chi connectivity index (χ3v) is 5.61. The number of benzene rings is 1. The number of hydrogen-bond donors (Lipinski definition) is 3. The molecule has 156 valence electrons. The van der Waals surface area contributed by atoms with E-state index in [2.05, 4.69) is 43.8 Å². The van der Waals surface area contributed by atoms with Crippen molar-refractivity contribution >= 4 is 22.7 Å². The fraction of sp³-hybridized carbons (Fsp3) is 0.391. The summed E-state index contributed by atoms with van der Waals surface area (Å²) >= 11 is 0. The standard InChI is InChI=1S/C23H27N5O2/c29-21(11-2-1-5-12-26-23(30)20-15-24-13-14-25-20)27-19-10-6-8-17-16-7-3-4-9-18(16)28-22(17)19/h3-4,7,9,13-15,19,28H,1-2,5-6,8,10-12H2,(H,26,30)(H,27,29). The van der Waals surface area contributed by atoms with Crippen LogP contribution in [0.2, 0.25) is 0 Å². The summed E-state index contributed by atoms with van der Waals surface area (Å²) in [6, 6.07) is 8.41. The average Bonchev–Trinajstić information content (AvgIpc) is 3.16. The molecule has 1 atom stereocenters. The lowest BCUT2D eigenvalue weighted by molar-refractivity contribution is -0.122. The second-order valence-corrected chi connectivity index (χ2v) is 7.73. The van der Waals surface area contributed by atoms with Crippen LogP contribution in [0, 0.1) is 0 Å². The number of nitrogens with zero attached hydrogens (tertiary/aromatic N) is 2. The van der Waals surface area contributed by atoms with Gasteiger partial charge in [-0.15, -0.1) is 0 Å². The van der Waals surface area contributed by atoms with E-state index in [0.717, 1.165) is 44.0 Å². The van der Waals surface area contributed by atoms with Crippen molar-refractivity contribution in [2.24, 2.45) is 0 Å². The minimum Gasteiger partial charge on any atom is -0.356 e. The van der Waals surface area contributed by atoms with Crippen LogP contribution in [0.1, 0.15) is 66.3 Å². The minimum atomic E-state index is -0.215. The van der Waals surface area contributed by atoms with E-state index in [1.54, 1.807) is 0 Å². The molecule has 7 nitrogen and oxygen atoms in total. The first-order valence-electron chi connectivity index (χ1n) is 10.7. The zero-order valence-electron chi connectivity index (χ0n) is 17.0. The molecule has 0 aliphatic heterocycles. The molecule has 2 aromatic heterocycles. The molecule has 0 saturated carbocycles. The molecule has 2 amide bonds. The number of hydrogen-bond acceptors (Lipinski definition) is 4. The van der Waals surface area contributed by atoms with E-state index in [-0.39, 0.29) is 17.9 Å². The lowest BCUT2D eigenvalue weighted by Gasteiger charge is -2.24. The van der Waals surface area contributed by atoms with Crippen molar-refractivity contribution in [3.05, 3.63) is 59.8 Å². The second kappa shape index (κ2) is 9.52. The van der Waals surface area contributed by atoms with E-state index < -0.39 is 0 Å². The van der Waals surface area contributed by atoms with Gasteiger partial charge in [0.25, 0.3) is 5.91 Å². The zero-order chi connectivity index (χ0) is 20.8. The molecular weight excluding hydrogens is 378 g/mol. The summed E-state index contributed by atoms with van der Waals surface area (Å²) in [7, 11) is 0. The van der Waals surface area contributed by atoms with Gasteiger partial charge in [0.05, 0.1) is 12.2 Å². The van der Waals surface area contributed by atoms with E-state index in [0.29, 0.717) is 18.7 Å². The highest BCUT2D eigenvalue weighted by atomic mass is 16.2. The average molecular weight is 406 g/mol. The highest BCUT2D eigenvalue weighted by molar-refractivity contribution is 5.91.